The summed E-state index contributed by atoms with van der Waals surface area (Å²) in [5.41, 5.74) is 10.3. The van der Waals surface area contributed by atoms with Crippen LogP contribution in [-0.2, 0) is 6.54 Å². The number of hydrogen-bond donors (Lipinski definition) is 4. The second-order valence-electron chi connectivity index (χ2n) is 8.44. The third-order valence-corrected chi connectivity index (χ3v) is 6.10. The number of nitrogens with zero attached hydrogens (tertiary/aromatic N) is 3. The second-order valence-corrected chi connectivity index (χ2v) is 8.44. The smallest absolute Gasteiger partial charge is 0.488 e. The van der Waals surface area contributed by atoms with Crippen LogP contribution in [0.15, 0.2) is 66.9 Å². The van der Waals surface area contributed by atoms with Crippen molar-refractivity contribution in [3.8, 4) is 17.1 Å². The number of carbonyl (C=O) groups is 1. The van der Waals surface area contributed by atoms with Crippen LogP contribution in [0.5, 0.6) is 5.75 Å². The standard InChI is InChI=1S/C26H24BN5O4/c1-15-14-32-19(9-5-10-20(32)24(28)33)22(15)26-30-23-18(8-4-11-21(23)36-2)25(31-26)29-13-16-6-3-7-17(12-16)27(34)35/h3-12,14,34-35H,13H2,1-2H3,(H2,28,33)(H,29,30,31). The van der Waals surface area contributed by atoms with E-state index >= 15 is 0 Å². The van der Waals surface area contributed by atoms with Gasteiger partial charge in [-0.05, 0) is 47.8 Å². The molecule has 5 aromatic rings. The minimum Gasteiger partial charge on any atom is -0.494 e. The number of nitrogens with one attached hydrogen (secondary N) is 1. The highest BCUT2D eigenvalue weighted by molar-refractivity contribution is 6.58. The maximum absolute atomic E-state index is 12.0. The summed E-state index contributed by atoms with van der Waals surface area (Å²) >= 11 is 0. The van der Waals surface area contributed by atoms with Gasteiger partial charge in [0.25, 0.3) is 5.91 Å². The molecule has 0 saturated heterocycles. The number of amides is 1. The highest BCUT2D eigenvalue weighted by Gasteiger charge is 2.19. The quantitative estimate of drug-likeness (QED) is 0.262. The van der Waals surface area contributed by atoms with Gasteiger partial charge in [0.2, 0.25) is 0 Å². The summed E-state index contributed by atoms with van der Waals surface area (Å²) in [5.74, 6) is 1.13. The van der Waals surface area contributed by atoms with Gasteiger partial charge in [0, 0.05) is 23.7 Å². The van der Waals surface area contributed by atoms with E-state index in [0.29, 0.717) is 40.6 Å². The van der Waals surface area contributed by atoms with E-state index < -0.39 is 13.0 Å². The summed E-state index contributed by atoms with van der Waals surface area (Å²) in [6.45, 7) is 2.33. The lowest BCUT2D eigenvalue weighted by Crippen LogP contribution is -2.30. The van der Waals surface area contributed by atoms with Crippen LogP contribution in [0.4, 0.5) is 5.82 Å². The molecule has 180 valence electrons. The number of pyridine rings is 1. The van der Waals surface area contributed by atoms with Crippen molar-refractivity contribution in [3.63, 3.8) is 0 Å². The number of rotatable bonds is 7. The number of carbonyl (C=O) groups excluding carboxylic acids is 1. The molecule has 5 rings (SSSR count). The summed E-state index contributed by atoms with van der Waals surface area (Å²) < 4.78 is 7.34. The molecule has 0 spiro atoms. The normalized spacial score (nSPS) is 11.1. The van der Waals surface area contributed by atoms with Crippen molar-refractivity contribution in [2.24, 2.45) is 5.73 Å². The molecule has 0 fully saturated rings. The fourth-order valence-electron chi connectivity index (χ4n) is 4.40. The van der Waals surface area contributed by atoms with Crippen LogP contribution >= 0.6 is 0 Å². The van der Waals surface area contributed by atoms with E-state index in [-0.39, 0.29) is 0 Å². The fourth-order valence-corrected chi connectivity index (χ4v) is 4.40. The molecule has 0 saturated carbocycles. The van der Waals surface area contributed by atoms with E-state index in [0.717, 1.165) is 27.6 Å². The van der Waals surface area contributed by atoms with Gasteiger partial charge in [0.05, 0.1) is 12.6 Å². The summed E-state index contributed by atoms with van der Waals surface area (Å²) in [6, 6.07) is 18.0. The molecule has 0 radical (unpaired) electrons. The molecule has 0 aliphatic rings. The van der Waals surface area contributed by atoms with E-state index in [1.807, 2.05) is 43.5 Å². The lowest BCUT2D eigenvalue weighted by Gasteiger charge is -2.14. The summed E-state index contributed by atoms with van der Waals surface area (Å²) in [7, 11) is 0.0464. The SMILES string of the molecule is COc1cccc2c(NCc3cccc(B(O)O)c3)nc(-c3c(C)cn4c(C(N)=O)cccc34)nc12. The minimum absolute atomic E-state index is 0.365. The molecule has 9 nitrogen and oxygen atoms in total. The molecule has 0 aliphatic carbocycles. The zero-order chi connectivity index (χ0) is 25.4. The first-order valence-corrected chi connectivity index (χ1v) is 11.3. The average Bonchev–Trinajstić information content (AvgIpc) is 3.22. The predicted molar refractivity (Wildman–Crippen MR) is 139 cm³/mol. The Morgan fingerprint density at radius 3 is 2.64 bits per heavy atom. The van der Waals surface area contributed by atoms with Gasteiger partial charge in [0.15, 0.2) is 5.82 Å². The third kappa shape index (κ3) is 4.12. The maximum atomic E-state index is 12.0. The molecule has 10 heteroatoms. The number of fused-ring (bicyclic) bond motifs is 2. The highest BCUT2D eigenvalue weighted by atomic mass is 16.5. The number of aryl methyl sites for hydroxylation is 1. The second kappa shape index (κ2) is 9.33. The molecule has 36 heavy (non-hydrogen) atoms. The van der Waals surface area contributed by atoms with Gasteiger partial charge in [-0.2, -0.15) is 0 Å². The Bertz CT molecular complexity index is 1620. The topological polar surface area (TPSA) is 135 Å². The van der Waals surface area contributed by atoms with Gasteiger partial charge in [0.1, 0.15) is 22.8 Å². The lowest BCUT2D eigenvalue weighted by atomic mass is 9.80. The van der Waals surface area contributed by atoms with E-state index in [9.17, 15) is 14.8 Å². The summed E-state index contributed by atoms with van der Waals surface area (Å²) in [4.78, 5) is 21.7. The number of para-hydroxylation sites is 1. The Labute approximate surface area is 207 Å². The predicted octanol–water partition coefficient (Wildman–Crippen LogP) is 2.26. The Balaban J connectivity index is 1.66. The number of primary amides is 1. The average molecular weight is 481 g/mol. The summed E-state index contributed by atoms with van der Waals surface area (Å²) in [5, 5.41) is 23.2. The van der Waals surface area contributed by atoms with Crippen molar-refractivity contribution in [3.05, 3.63) is 83.7 Å². The van der Waals surface area contributed by atoms with E-state index in [2.05, 4.69) is 5.32 Å². The van der Waals surface area contributed by atoms with Crippen LogP contribution < -0.4 is 21.3 Å². The molecule has 1 amide bonds. The van der Waals surface area contributed by atoms with Crippen molar-refractivity contribution in [2.45, 2.75) is 13.5 Å². The Morgan fingerprint density at radius 1 is 1.11 bits per heavy atom. The molecule has 2 aromatic carbocycles. The van der Waals surface area contributed by atoms with Crippen molar-refractivity contribution >= 4 is 40.7 Å². The van der Waals surface area contributed by atoms with Gasteiger partial charge in [-0.25, -0.2) is 9.97 Å². The van der Waals surface area contributed by atoms with Crippen LogP contribution in [0, 0.1) is 6.92 Å². The van der Waals surface area contributed by atoms with Crippen LogP contribution in [-0.4, -0.2) is 44.6 Å². The number of anilines is 1. The lowest BCUT2D eigenvalue weighted by molar-refractivity contribution is 0.0994. The molecular formula is C26H24BN5O4. The zero-order valence-corrected chi connectivity index (χ0v) is 19.8. The molecule has 0 aliphatic heterocycles. The molecule has 3 heterocycles. The van der Waals surface area contributed by atoms with E-state index in [1.165, 1.54) is 0 Å². The first-order valence-electron chi connectivity index (χ1n) is 11.3. The van der Waals surface area contributed by atoms with E-state index in [4.69, 9.17) is 20.4 Å². The van der Waals surface area contributed by atoms with Crippen LogP contribution in [0.2, 0.25) is 0 Å². The van der Waals surface area contributed by atoms with Gasteiger partial charge >= 0.3 is 7.12 Å². The van der Waals surface area contributed by atoms with Crippen LogP contribution in [0.1, 0.15) is 21.6 Å². The van der Waals surface area contributed by atoms with Crippen LogP contribution in [0.25, 0.3) is 27.8 Å². The van der Waals surface area contributed by atoms with Crippen molar-refractivity contribution in [2.75, 3.05) is 12.4 Å². The van der Waals surface area contributed by atoms with Gasteiger partial charge in [-0.3, -0.25) is 4.79 Å². The number of aromatic nitrogens is 3. The molecule has 0 atom stereocenters. The Kier molecular flexibility index (Phi) is 6.05. The monoisotopic (exact) mass is 481 g/mol. The number of nitrogens with two attached hydrogens (primary N) is 1. The number of hydrogen-bond acceptors (Lipinski definition) is 7. The zero-order valence-electron chi connectivity index (χ0n) is 19.8. The Morgan fingerprint density at radius 2 is 1.89 bits per heavy atom. The van der Waals surface area contributed by atoms with Crippen molar-refractivity contribution < 1.29 is 19.6 Å². The molecular weight excluding hydrogens is 457 g/mol. The third-order valence-electron chi connectivity index (χ3n) is 6.10. The highest BCUT2D eigenvalue weighted by Crippen LogP contribution is 2.34. The molecule has 5 N–H and O–H groups in total. The van der Waals surface area contributed by atoms with Gasteiger partial charge in [-0.1, -0.05) is 36.4 Å². The van der Waals surface area contributed by atoms with Gasteiger partial charge in [-0.15, -0.1) is 0 Å². The number of benzene rings is 2. The first kappa shape index (κ1) is 23.3. The Hall–Kier alpha value is -4.41. The largest absolute Gasteiger partial charge is 0.494 e. The van der Waals surface area contributed by atoms with Crippen molar-refractivity contribution in [1.82, 2.24) is 14.4 Å². The van der Waals surface area contributed by atoms with Gasteiger partial charge < -0.3 is 30.2 Å². The number of ether oxygens (including phenoxy) is 1. The maximum Gasteiger partial charge on any atom is 0.488 e. The van der Waals surface area contributed by atoms with E-state index in [1.54, 1.807) is 41.8 Å². The number of methoxy groups -OCH3 is 1. The summed E-state index contributed by atoms with van der Waals surface area (Å²) in [6.07, 6.45) is 1.85. The van der Waals surface area contributed by atoms with Crippen molar-refractivity contribution in [1.29, 1.82) is 0 Å². The first-order chi connectivity index (χ1) is 17.4. The fraction of sp³-hybridized carbons (Fsp3) is 0.115. The molecule has 3 aromatic heterocycles. The minimum atomic E-state index is -1.54. The van der Waals surface area contributed by atoms with Crippen LogP contribution in [0.3, 0.4) is 0 Å². The molecule has 0 bridgehead atoms. The molecule has 0 unspecified atom stereocenters.